The minimum atomic E-state index is -0.0391. The number of hydrogen-bond donors (Lipinski definition) is 0. The van der Waals surface area contributed by atoms with Crippen molar-refractivity contribution in [1.82, 2.24) is 14.7 Å². The van der Waals surface area contributed by atoms with Crippen molar-refractivity contribution in [2.24, 2.45) is 0 Å². The quantitative estimate of drug-likeness (QED) is 0.802. The van der Waals surface area contributed by atoms with E-state index in [9.17, 15) is 4.79 Å². The van der Waals surface area contributed by atoms with Crippen molar-refractivity contribution in [3.05, 3.63) is 46.0 Å². The molecule has 0 amide bonds. The average molecular weight is 231 g/mol. The second-order valence-corrected chi connectivity index (χ2v) is 4.49. The van der Waals surface area contributed by atoms with Crippen LogP contribution in [0.3, 0.4) is 0 Å². The highest BCUT2D eigenvalue weighted by molar-refractivity contribution is 5.09. The summed E-state index contributed by atoms with van der Waals surface area (Å²) < 4.78 is 6.73. The maximum Gasteiger partial charge on any atom is 0.251 e. The van der Waals surface area contributed by atoms with Gasteiger partial charge >= 0.3 is 0 Å². The van der Waals surface area contributed by atoms with Crippen LogP contribution in [0.25, 0.3) is 0 Å². The Morgan fingerprint density at radius 3 is 3.06 bits per heavy atom. The van der Waals surface area contributed by atoms with Gasteiger partial charge in [-0.1, -0.05) is 5.16 Å². The van der Waals surface area contributed by atoms with Crippen LogP contribution in [0.4, 0.5) is 0 Å². The highest BCUT2D eigenvalue weighted by atomic mass is 16.5. The van der Waals surface area contributed by atoms with Gasteiger partial charge in [0.25, 0.3) is 5.56 Å². The molecule has 1 aliphatic rings. The molecule has 88 valence electrons. The van der Waals surface area contributed by atoms with Crippen molar-refractivity contribution in [3.63, 3.8) is 0 Å². The van der Waals surface area contributed by atoms with Crippen molar-refractivity contribution < 1.29 is 4.52 Å². The zero-order valence-corrected chi connectivity index (χ0v) is 9.59. The fraction of sp³-hybridized carbons (Fsp3) is 0.417. The Hall–Kier alpha value is -1.91. The van der Waals surface area contributed by atoms with Gasteiger partial charge in [0, 0.05) is 18.2 Å². The maximum atomic E-state index is 11.7. The summed E-state index contributed by atoms with van der Waals surface area (Å²) in [5.74, 6) is 1.73. The lowest BCUT2D eigenvalue weighted by atomic mass is 10.3. The Balaban J connectivity index is 1.83. The van der Waals surface area contributed by atoms with E-state index in [1.807, 2.05) is 13.0 Å². The van der Waals surface area contributed by atoms with Gasteiger partial charge in [-0.25, -0.2) is 0 Å². The van der Waals surface area contributed by atoms with Gasteiger partial charge in [-0.2, -0.15) is 4.98 Å². The fourth-order valence-electron chi connectivity index (χ4n) is 1.72. The maximum absolute atomic E-state index is 11.7. The topological polar surface area (TPSA) is 60.9 Å². The molecular formula is C12H13N3O2. The number of aryl methyl sites for hydroxylation is 1. The van der Waals surface area contributed by atoms with Gasteiger partial charge in [0.1, 0.15) is 0 Å². The molecule has 0 bridgehead atoms. The van der Waals surface area contributed by atoms with Crippen molar-refractivity contribution in [3.8, 4) is 0 Å². The first-order chi connectivity index (χ1) is 8.22. The Labute approximate surface area is 98.1 Å². The van der Waals surface area contributed by atoms with E-state index in [2.05, 4.69) is 10.1 Å². The van der Waals surface area contributed by atoms with E-state index in [4.69, 9.17) is 4.52 Å². The summed E-state index contributed by atoms with van der Waals surface area (Å²) in [7, 11) is 0. The smallest absolute Gasteiger partial charge is 0.251 e. The van der Waals surface area contributed by atoms with Gasteiger partial charge in [-0.05, 0) is 31.4 Å². The van der Waals surface area contributed by atoms with E-state index in [0.717, 1.165) is 18.4 Å². The Bertz CT molecular complexity index is 596. The Kier molecular flexibility index (Phi) is 2.31. The van der Waals surface area contributed by atoms with Crippen molar-refractivity contribution in [2.45, 2.75) is 32.2 Å². The predicted octanol–water partition coefficient (Wildman–Crippen LogP) is 1.47. The zero-order chi connectivity index (χ0) is 11.8. The van der Waals surface area contributed by atoms with Gasteiger partial charge in [-0.3, -0.25) is 4.79 Å². The molecule has 5 nitrogen and oxygen atoms in total. The molecule has 2 aromatic heterocycles. The number of rotatable bonds is 3. The van der Waals surface area contributed by atoms with Gasteiger partial charge in [-0.15, -0.1) is 0 Å². The van der Waals surface area contributed by atoms with Gasteiger partial charge in [0.2, 0.25) is 5.89 Å². The monoisotopic (exact) mass is 231 g/mol. The van der Waals surface area contributed by atoms with Crippen molar-refractivity contribution in [2.75, 3.05) is 0 Å². The normalized spacial score (nSPS) is 15.1. The van der Waals surface area contributed by atoms with E-state index >= 15 is 0 Å². The summed E-state index contributed by atoms with van der Waals surface area (Å²) in [6.45, 7) is 2.26. The van der Waals surface area contributed by atoms with Crippen molar-refractivity contribution in [1.29, 1.82) is 0 Å². The van der Waals surface area contributed by atoms with Gasteiger partial charge in [0.15, 0.2) is 5.82 Å². The molecule has 2 heterocycles. The van der Waals surface area contributed by atoms with E-state index in [1.54, 1.807) is 16.8 Å². The summed E-state index contributed by atoms with van der Waals surface area (Å²) in [4.78, 5) is 16.0. The second kappa shape index (κ2) is 3.84. The van der Waals surface area contributed by atoms with E-state index in [0.29, 0.717) is 24.2 Å². The lowest BCUT2D eigenvalue weighted by molar-refractivity contribution is 0.373. The zero-order valence-electron chi connectivity index (χ0n) is 9.59. The van der Waals surface area contributed by atoms with Crippen LogP contribution < -0.4 is 5.56 Å². The number of hydrogen-bond acceptors (Lipinski definition) is 4. The molecule has 1 aliphatic carbocycles. The third kappa shape index (κ3) is 2.13. The molecule has 0 radical (unpaired) electrons. The average Bonchev–Trinajstić information content (AvgIpc) is 3.04. The molecule has 17 heavy (non-hydrogen) atoms. The summed E-state index contributed by atoms with van der Waals surface area (Å²) in [6, 6.07) is 3.49. The third-order valence-electron chi connectivity index (χ3n) is 2.87. The number of aromatic nitrogens is 3. The third-order valence-corrected chi connectivity index (χ3v) is 2.87. The molecule has 0 aromatic carbocycles. The van der Waals surface area contributed by atoms with Crippen LogP contribution in [0.5, 0.6) is 0 Å². The van der Waals surface area contributed by atoms with Crippen LogP contribution in [0, 0.1) is 6.92 Å². The molecule has 0 N–H and O–H groups in total. The van der Waals surface area contributed by atoms with Gasteiger partial charge < -0.3 is 9.09 Å². The molecule has 0 unspecified atom stereocenters. The first-order valence-corrected chi connectivity index (χ1v) is 5.72. The first kappa shape index (κ1) is 10.3. The summed E-state index contributed by atoms with van der Waals surface area (Å²) in [6.07, 6.45) is 4.02. The van der Waals surface area contributed by atoms with Crippen LogP contribution >= 0.6 is 0 Å². The summed E-state index contributed by atoms with van der Waals surface area (Å²) in [5.41, 5.74) is 0.917. The molecule has 5 heteroatoms. The van der Waals surface area contributed by atoms with E-state index in [-0.39, 0.29) is 5.56 Å². The van der Waals surface area contributed by atoms with Crippen LogP contribution in [-0.4, -0.2) is 14.7 Å². The molecule has 0 saturated heterocycles. The second-order valence-electron chi connectivity index (χ2n) is 4.49. The van der Waals surface area contributed by atoms with E-state index in [1.165, 1.54) is 0 Å². The first-order valence-electron chi connectivity index (χ1n) is 5.72. The number of nitrogens with zero attached hydrogens (tertiary/aromatic N) is 3. The molecule has 1 saturated carbocycles. The molecular weight excluding hydrogens is 218 g/mol. The highest BCUT2D eigenvalue weighted by Crippen LogP contribution is 2.38. The lowest BCUT2D eigenvalue weighted by Crippen LogP contribution is -2.19. The van der Waals surface area contributed by atoms with Crippen molar-refractivity contribution >= 4 is 0 Å². The summed E-state index contributed by atoms with van der Waals surface area (Å²) in [5, 5.41) is 3.89. The largest absolute Gasteiger partial charge is 0.339 e. The SMILES string of the molecule is Cc1ccn(Cc2noc(C3CC3)n2)c(=O)c1. The van der Waals surface area contributed by atoms with E-state index < -0.39 is 0 Å². The Morgan fingerprint density at radius 1 is 1.53 bits per heavy atom. The molecule has 1 fully saturated rings. The fourth-order valence-corrected chi connectivity index (χ4v) is 1.72. The molecule has 0 spiro atoms. The lowest BCUT2D eigenvalue weighted by Gasteiger charge is -2.01. The number of pyridine rings is 1. The Morgan fingerprint density at radius 2 is 2.35 bits per heavy atom. The predicted molar refractivity (Wildman–Crippen MR) is 60.8 cm³/mol. The minimum Gasteiger partial charge on any atom is -0.339 e. The molecule has 0 atom stereocenters. The van der Waals surface area contributed by atoms with Gasteiger partial charge in [0.05, 0.1) is 6.54 Å². The highest BCUT2D eigenvalue weighted by Gasteiger charge is 2.29. The standard InChI is InChI=1S/C12H13N3O2/c1-8-4-5-15(11(16)6-8)7-10-13-12(17-14-10)9-2-3-9/h4-6,9H,2-3,7H2,1H3. The minimum absolute atomic E-state index is 0.0391. The molecule has 2 aromatic rings. The summed E-state index contributed by atoms with van der Waals surface area (Å²) >= 11 is 0. The van der Waals surface area contributed by atoms with Crippen LogP contribution in [0.1, 0.15) is 36.0 Å². The van der Waals surface area contributed by atoms with Crippen LogP contribution in [-0.2, 0) is 6.54 Å². The molecule has 0 aliphatic heterocycles. The van der Waals surface area contributed by atoms with Crippen LogP contribution in [0.2, 0.25) is 0 Å². The van der Waals surface area contributed by atoms with Crippen LogP contribution in [0.15, 0.2) is 27.6 Å². The molecule has 3 rings (SSSR count).